The maximum absolute atomic E-state index is 11.9. The minimum absolute atomic E-state index is 0.0169. The van der Waals surface area contributed by atoms with Crippen molar-refractivity contribution < 1.29 is 14.3 Å². The van der Waals surface area contributed by atoms with Crippen molar-refractivity contribution >= 4 is 28.7 Å². The van der Waals surface area contributed by atoms with Crippen LogP contribution in [0.25, 0.3) is 0 Å². The van der Waals surface area contributed by atoms with Crippen LogP contribution < -0.4 is 5.32 Å². The Labute approximate surface area is 110 Å². The predicted octanol–water partition coefficient (Wildman–Crippen LogP) is -0.157. The van der Waals surface area contributed by atoms with E-state index in [1.807, 2.05) is 0 Å². The molecule has 2 heterocycles. The lowest BCUT2D eigenvalue weighted by atomic mass is 10.2. The lowest BCUT2D eigenvalue weighted by molar-refractivity contribution is -0.129. The van der Waals surface area contributed by atoms with Crippen molar-refractivity contribution in [3.05, 3.63) is 0 Å². The highest BCUT2D eigenvalue weighted by atomic mass is 32.2. The van der Waals surface area contributed by atoms with E-state index in [2.05, 4.69) is 10.3 Å². The van der Waals surface area contributed by atoms with Gasteiger partial charge in [0.2, 0.25) is 11.8 Å². The van der Waals surface area contributed by atoms with Crippen LogP contribution in [0, 0.1) is 0 Å². The van der Waals surface area contributed by atoms with E-state index in [0.29, 0.717) is 26.2 Å². The quantitative estimate of drug-likeness (QED) is 0.682. The first-order valence-corrected chi connectivity index (χ1v) is 6.88. The second-order valence-corrected chi connectivity index (χ2v) is 5.33. The summed E-state index contributed by atoms with van der Waals surface area (Å²) in [6, 6.07) is 0. The molecule has 2 rings (SSSR count). The van der Waals surface area contributed by atoms with E-state index >= 15 is 0 Å². The summed E-state index contributed by atoms with van der Waals surface area (Å²) in [4.78, 5) is 29.5. The number of aliphatic imine (C=N–C) groups is 1. The summed E-state index contributed by atoms with van der Waals surface area (Å²) in [6.45, 7) is 2.56. The number of ether oxygens (including phenoxy) is 1. The number of rotatable bonds is 6. The third kappa shape index (κ3) is 3.02. The Kier molecular flexibility index (Phi) is 4.60. The summed E-state index contributed by atoms with van der Waals surface area (Å²) in [5, 5.41) is 3.26. The first-order valence-electron chi connectivity index (χ1n) is 6.00. The molecule has 2 aliphatic rings. The van der Waals surface area contributed by atoms with Crippen molar-refractivity contribution in [1.82, 2.24) is 10.2 Å². The van der Waals surface area contributed by atoms with E-state index in [4.69, 9.17) is 4.74 Å². The SMILES string of the molecule is COCCCNC(=O)CC1SC2=NCCN2C1=O. The Balaban J connectivity index is 1.73. The van der Waals surface area contributed by atoms with Crippen molar-refractivity contribution in [3.63, 3.8) is 0 Å². The van der Waals surface area contributed by atoms with Gasteiger partial charge in [-0.05, 0) is 6.42 Å². The van der Waals surface area contributed by atoms with Crippen LogP contribution >= 0.6 is 11.8 Å². The number of hydrogen-bond donors (Lipinski definition) is 1. The molecule has 0 radical (unpaired) electrons. The van der Waals surface area contributed by atoms with Gasteiger partial charge in [0.15, 0.2) is 5.17 Å². The van der Waals surface area contributed by atoms with Gasteiger partial charge in [-0.3, -0.25) is 19.5 Å². The lowest BCUT2D eigenvalue weighted by Gasteiger charge is -2.10. The maximum Gasteiger partial charge on any atom is 0.242 e. The number of nitrogens with one attached hydrogen (secondary N) is 1. The van der Waals surface area contributed by atoms with Crippen molar-refractivity contribution in [2.24, 2.45) is 4.99 Å². The third-order valence-electron chi connectivity index (χ3n) is 2.81. The van der Waals surface area contributed by atoms with Crippen molar-refractivity contribution in [2.45, 2.75) is 18.1 Å². The molecule has 2 aliphatic heterocycles. The van der Waals surface area contributed by atoms with Gasteiger partial charge in [-0.25, -0.2) is 0 Å². The summed E-state index contributed by atoms with van der Waals surface area (Å²) in [5.41, 5.74) is 0. The first kappa shape index (κ1) is 13.4. The Bertz CT molecular complexity index is 373. The molecule has 1 unspecified atom stereocenters. The van der Waals surface area contributed by atoms with Gasteiger partial charge in [-0.1, -0.05) is 11.8 Å². The number of fused-ring (bicyclic) bond motifs is 1. The topological polar surface area (TPSA) is 71.0 Å². The molecule has 1 N–H and O–H groups in total. The standard InChI is InChI=1S/C11H17N3O3S/c1-17-6-2-3-12-9(15)7-8-10(16)14-5-4-13-11(14)18-8/h8H,2-7H2,1H3,(H,12,15). The minimum Gasteiger partial charge on any atom is -0.385 e. The fourth-order valence-electron chi connectivity index (χ4n) is 1.90. The number of nitrogens with zero attached hydrogens (tertiary/aromatic N) is 2. The number of hydrogen-bond acceptors (Lipinski definition) is 5. The number of thioether (sulfide) groups is 1. The van der Waals surface area contributed by atoms with Crippen molar-refractivity contribution in [1.29, 1.82) is 0 Å². The maximum atomic E-state index is 11.9. The molecule has 0 aromatic rings. The molecule has 1 saturated heterocycles. The summed E-state index contributed by atoms with van der Waals surface area (Å²) < 4.78 is 4.89. The summed E-state index contributed by atoms with van der Waals surface area (Å²) >= 11 is 1.40. The molecule has 0 aromatic heterocycles. The number of carbonyl (C=O) groups is 2. The number of methoxy groups -OCH3 is 1. The molecule has 0 aliphatic carbocycles. The summed E-state index contributed by atoms with van der Waals surface area (Å²) in [6.07, 6.45) is 1.01. The Hall–Kier alpha value is -1.08. The number of amidine groups is 1. The Morgan fingerprint density at radius 3 is 3.22 bits per heavy atom. The smallest absolute Gasteiger partial charge is 0.242 e. The number of carbonyl (C=O) groups excluding carboxylic acids is 2. The van der Waals surface area contributed by atoms with E-state index in [1.165, 1.54) is 11.8 Å². The molecule has 0 aromatic carbocycles. The van der Waals surface area contributed by atoms with Crippen LogP contribution in [0.3, 0.4) is 0 Å². The van der Waals surface area contributed by atoms with Gasteiger partial charge in [-0.15, -0.1) is 0 Å². The zero-order valence-electron chi connectivity index (χ0n) is 10.3. The first-order chi connectivity index (χ1) is 8.72. The zero-order chi connectivity index (χ0) is 13.0. The fourth-order valence-corrected chi connectivity index (χ4v) is 3.09. The third-order valence-corrected chi connectivity index (χ3v) is 4.02. The molecular formula is C11H17N3O3S. The minimum atomic E-state index is -0.300. The molecule has 18 heavy (non-hydrogen) atoms. The lowest BCUT2D eigenvalue weighted by Crippen LogP contribution is -2.34. The Morgan fingerprint density at radius 2 is 2.50 bits per heavy atom. The molecule has 6 nitrogen and oxygen atoms in total. The van der Waals surface area contributed by atoms with Crippen molar-refractivity contribution in [3.8, 4) is 0 Å². The normalized spacial score (nSPS) is 22.1. The van der Waals surface area contributed by atoms with Crippen LogP contribution in [-0.4, -0.2) is 60.5 Å². The molecule has 7 heteroatoms. The molecule has 0 spiro atoms. The highest BCUT2D eigenvalue weighted by Crippen LogP contribution is 2.31. The van der Waals surface area contributed by atoms with E-state index < -0.39 is 0 Å². The van der Waals surface area contributed by atoms with Gasteiger partial charge < -0.3 is 10.1 Å². The molecule has 1 atom stereocenters. The summed E-state index contributed by atoms with van der Waals surface area (Å²) in [5.74, 6) is -0.0676. The van der Waals surface area contributed by atoms with Gasteiger partial charge >= 0.3 is 0 Å². The molecule has 0 bridgehead atoms. The molecule has 1 fully saturated rings. The molecule has 2 amide bonds. The van der Waals surface area contributed by atoms with Crippen molar-refractivity contribution in [2.75, 3.05) is 33.4 Å². The Morgan fingerprint density at radius 1 is 1.67 bits per heavy atom. The largest absolute Gasteiger partial charge is 0.385 e. The molecule has 0 saturated carbocycles. The highest BCUT2D eigenvalue weighted by Gasteiger charge is 2.40. The van der Waals surface area contributed by atoms with Gasteiger partial charge in [0.05, 0.1) is 6.54 Å². The number of amides is 2. The van der Waals surface area contributed by atoms with Gasteiger partial charge in [0.25, 0.3) is 0 Å². The second-order valence-electron chi connectivity index (χ2n) is 4.16. The van der Waals surface area contributed by atoms with E-state index in [0.717, 1.165) is 11.6 Å². The predicted molar refractivity (Wildman–Crippen MR) is 69.5 cm³/mol. The van der Waals surface area contributed by atoms with E-state index in [9.17, 15) is 9.59 Å². The fraction of sp³-hybridized carbons (Fsp3) is 0.727. The molecular weight excluding hydrogens is 254 g/mol. The zero-order valence-corrected chi connectivity index (χ0v) is 11.2. The average Bonchev–Trinajstić information content (AvgIpc) is 2.90. The highest BCUT2D eigenvalue weighted by molar-refractivity contribution is 8.15. The van der Waals surface area contributed by atoms with Gasteiger partial charge in [-0.2, -0.15) is 0 Å². The second kappa shape index (κ2) is 6.19. The summed E-state index contributed by atoms with van der Waals surface area (Å²) in [7, 11) is 1.63. The van der Waals surface area contributed by atoms with Crippen LogP contribution in [0.2, 0.25) is 0 Å². The van der Waals surface area contributed by atoms with Gasteiger partial charge in [0.1, 0.15) is 5.25 Å². The van der Waals surface area contributed by atoms with Crippen LogP contribution in [0.4, 0.5) is 0 Å². The van der Waals surface area contributed by atoms with Crippen LogP contribution in [-0.2, 0) is 14.3 Å². The van der Waals surface area contributed by atoms with Crippen LogP contribution in [0.5, 0.6) is 0 Å². The van der Waals surface area contributed by atoms with E-state index in [1.54, 1.807) is 12.0 Å². The van der Waals surface area contributed by atoms with Gasteiger partial charge in [0, 0.05) is 33.2 Å². The molecule has 100 valence electrons. The monoisotopic (exact) mass is 271 g/mol. The van der Waals surface area contributed by atoms with Crippen LogP contribution in [0.1, 0.15) is 12.8 Å². The van der Waals surface area contributed by atoms with Crippen LogP contribution in [0.15, 0.2) is 4.99 Å². The van der Waals surface area contributed by atoms with E-state index in [-0.39, 0.29) is 23.5 Å². The average molecular weight is 271 g/mol.